The minimum Gasteiger partial charge on any atom is -0.380 e. The molecule has 1 aromatic rings. The third-order valence-corrected chi connectivity index (χ3v) is 4.13. The minimum atomic E-state index is -0.569. The van der Waals surface area contributed by atoms with Crippen molar-refractivity contribution >= 4 is 11.6 Å². The van der Waals surface area contributed by atoms with Gasteiger partial charge >= 0.3 is 0 Å². The molecule has 0 atom stereocenters. The molecule has 1 aliphatic rings. The van der Waals surface area contributed by atoms with E-state index in [9.17, 15) is 19.3 Å². The molecule has 138 valence electrons. The molecule has 2 rings (SSSR count). The van der Waals surface area contributed by atoms with Crippen LogP contribution in [0.3, 0.4) is 0 Å². The third kappa shape index (κ3) is 6.06. The van der Waals surface area contributed by atoms with Crippen molar-refractivity contribution in [1.29, 1.82) is 0 Å². The van der Waals surface area contributed by atoms with E-state index >= 15 is 0 Å². The van der Waals surface area contributed by atoms with Gasteiger partial charge in [-0.15, -0.1) is 0 Å². The van der Waals surface area contributed by atoms with Crippen LogP contribution in [0.15, 0.2) is 18.2 Å². The predicted octanol–water partition coefficient (Wildman–Crippen LogP) is 1.95. The summed E-state index contributed by atoms with van der Waals surface area (Å²) in [6, 6.07) is 4.62. The maximum absolute atomic E-state index is 12.2. The van der Waals surface area contributed by atoms with E-state index in [0.29, 0.717) is 13.0 Å². The number of nitrogens with zero attached hydrogens (tertiary/aromatic N) is 2. The quantitative estimate of drug-likeness (QED) is 0.439. The highest BCUT2D eigenvalue weighted by Gasteiger charge is 2.20. The van der Waals surface area contributed by atoms with E-state index < -0.39 is 17.5 Å². The number of carbonyl (C=O) groups excluding carboxylic acids is 1. The van der Waals surface area contributed by atoms with E-state index in [0.717, 1.165) is 38.2 Å². The summed E-state index contributed by atoms with van der Waals surface area (Å²) in [5.41, 5.74) is 0.664. The summed E-state index contributed by atoms with van der Waals surface area (Å²) in [5, 5.41) is 13.7. The summed E-state index contributed by atoms with van der Waals surface area (Å²) in [5.74, 6) is -0.537. The first-order valence-electron chi connectivity index (χ1n) is 8.53. The Morgan fingerprint density at radius 2 is 2.20 bits per heavy atom. The highest BCUT2D eigenvalue weighted by Crippen LogP contribution is 2.20. The smallest absolute Gasteiger partial charge is 0.282 e. The van der Waals surface area contributed by atoms with Gasteiger partial charge in [0.1, 0.15) is 5.56 Å². The van der Waals surface area contributed by atoms with Crippen LogP contribution in [0.2, 0.25) is 0 Å². The maximum atomic E-state index is 12.2. The SMILES string of the molecule is O=C(NCCCF)c1cc(CCN2CCCOCC2)ccc1[N+](=O)[O-]. The number of benzene rings is 1. The van der Waals surface area contributed by atoms with Crippen molar-refractivity contribution in [2.45, 2.75) is 19.3 Å². The first-order chi connectivity index (χ1) is 12.1. The third-order valence-electron chi connectivity index (χ3n) is 4.13. The van der Waals surface area contributed by atoms with Crippen molar-refractivity contribution in [1.82, 2.24) is 10.2 Å². The van der Waals surface area contributed by atoms with Gasteiger partial charge in [-0.05, 0) is 30.9 Å². The average Bonchev–Trinajstić information content (AvgIpc) is 2.88. The Balaban J connectivity index is 2.04. The van der Waals surface area contributed by atoms with Crippen LogP contribution in [0.5, 0.6) is 0 Å². The molecule has 1 amide bonds. The van der Waals surface area contributed by atoms with Crippen molar-refractivity contribution in [3.8, 4) is 0 Å². The van der Waals surface area contributed by atoms with Gasteiger partial charge in [0.25, 0.3) is 11.6 Å². The average molecular weight is 353 g/mol. The molecule has 0 spiro atoms. The van der Waals surface area contributed by atoms with Crippen LogP contribution in [0, 0.1) is 10.1 Å². The zero-order valence-corrected chi connectivity index (χ0v) is 14.2. The Bertz CT molecular complexity index is 589. The fraction of sp³-hybridized carbons (Fsp3) is 0.588. The summed E-state index contributed by atoms with van der Waals surface area (Å²) in [4.78, 5) is 25.1. The molecule has 1 heterocycles. The molecule has 0 bridgehead atoms. The van der Waals surface area contributed by atoms with E-state index in [4.69, 9.17) is 4.74 Å². The van der Waals surface area contributed by atoms with Gasteiger partial charge in [-0.1, -0.05) is 6.07 Å². The topological polar surface area (TPSA) is 84.7 Å². The van der Waals surface area contributed by atoms with Crippen molar-refractivity contribution in [3.63, 3.8) is 0 Å². The van der Waals surface area contributed by atoms with Gasteiger partial charge < -0.3 is 15.0 Å². The van der Waals surface area contributed by atoms with E-state index in [1.54, 1.807) is 12.1 Å². The van der Waals surface area contributed by atoms with Gasteiger partial charge in [0.15, 0.2) is 0 Å². The van der Waals surface area contributed by atoms with Gasteiger partial charge in [-0.25, -0.2) is 0 Å². The molecule has 1 saturated heterocycles. The van der Waals surface area contributed by atoms with E-state index in [1.807, 2.05) is 0 Å². The molecular weight excluding hydrogens is 329 g/mol. The number of nitrogens with one attached hydrogen (secondary N) is 1. The number of carbonyl (C=O) groups is 1. The number of hydrogen-bond acceptors (Lipinski definition) is 5. The van der Waals surface area contributed by atoms with Crippen LogP contribution in [-0.4, -0.2) is 61.8 Å². The molecular formula is C17H24FN3O4. The summed E-state index contributed by atoms with van der Waals surface area (Å²) >= 11 is 0. The Morgan fingerprint density at radius 1 is 1.36 bits per heavy atom. The summed E-state index contributed by atoms with van der Waals surface area (Å²) in [6.07, 6.45) is 1.88. The molecule has 25 heavy (non-hydrogen) atoms. The fourth-order valence-electron chi connectivity index (χ4n) is 2.75. The normalized spacial score (nSPS) is 15.6. The lowest BCUT2D eigenvalue weighted by molar-refractivity contribution is -0.385. The van der Waals surface area contributed by atoms with Gasteiger partial charge in [0.2, 0.25) is 0 Å². The van der Waals surface area contributed by atoms with Crippen LogP contribution < -0.4 is 5.32 Å². The lowest BCUT2D eigenvalue weighted by atomic mass is 10.0. The second kappa shape index (κ2) is 10.0. The van der Waals surface area contributed by atoms with Crippen molar-refractivity contribution in [3.05, 3.63) is 39.4 Å². The number of amides is 1. The first kappa shape index (κ1) is 19.3. The molecule has 1 fully saturated rings. The maximum Gasteiger partial charge on any atom is 0.282 e. The van der Waals surface area contributed by atoms with E-state index in [-0.39, 0.29) is 24.2 Å². The molecule has 8 heteroatoms. The standard InChI is InChI=1S/C17H24FN3O4/c18-6-1-7-19-17(22)15-13-14(3-4-16(15)21(23)24)5-9-20-8-2-11-25-12-10-20/h3-4,13H,1-2,5-12H2,(H,19,22). The van der Waals surface area contributed by atoms with Gasteiger partial charge in [0.05, 0.1) is 18.2 Å². The molecule has 1 aliphatic heterocycles. The number of ether oxygens (including phenoxy) is 1. The Hall–Kier alpha value is -2.06. The first-order valence-corrected chi connectivity index (χ1v) is 8.53. The van der Waals surface area contributed by atoms with Crippen LogP contribution >= 0.6 is 0 Å². The lowest BCUT2D eigenvalue weighted by Gasteiger charge is -2.19. The molecule has 0 aliphatic carbocycles. The van der Waals surface area contributed by atoms with Gasteiger partial charge in [0, 0.05) is 38.9 Å². The molecule has 0 unspecified atom stereocenters. The molecule has 7 nitrogen and oxygen atoms in total. The van der Waals surface area contributed by atoms with Gasteiger partial charge in [-0.3, -0.25) is 19.3 Å². The summed E-state index contributed by atoms with van der Waals surface area (Å²) in [6.45, 7) is 3.74. The van der Waals surface area contributed by atoms with Crippen LogP contribution in [0.25, 0.3) is 0 Å². The zero-order chi connectivity index (χ0) is 18.1. The van der Waals surface area contributed by atoms with Crippen LogP contribution in [0.1, 0.15) is 28.8 Å². The number of nitro groups is 1. The van der Waals surface area contributed by atoms with E-state index in [1.165, 1.54) is 6.07 Å². The van der Waals surface area contributed by atoms with Crippen LogP contribution in [0.4, 0.5) is 10.1 Å². The second-order valence-electron chi connectivity index (χ2n) is 5.96. The number of hydrogen-bond donors (Lipinski definition) is 1. The Labute approximate surface area is 146 Å². The minimum absolute atomic E-state index is 0.0283. The molecule has 1 N–H and O–H groups in total. The number of rotatable bonds is 8. The second-order valence-corrected chi connectivity index (χ2v) is 5.96. The molecule has 0 aromatic heterocycles. The molecule has 1 aromatic carbocycles. The Morgan fingerprint density at radius 3 is 2.96 bits per heavy atom. The highest BCUT2D eigenvalue weighted by molar-refractivity contribution is 5.98. The monoisotopic (exact) mass is 353 g/mol. The van der Waals surface area contributed by atoms with Gasteiger partial charge in [-0.2, -0.15) is 0 Å². The molecule has 0 radical (unpaired) electrons. The zero-order valence-electron chi connectivity index (χ0n) is 14.2. The number of nitro benzene ring substituents is 1. The largest absolute Gasteiger partial charge is 0.380 e. The number of alkyl halides is 1. The molecule has 0 saturated carbocycles. The lowest BCUT2D eigenvalue weighted by Crippen LogP contribution is -2.29. The van der Waals surface area contributed by atoms with Crippen molar-refractivity contribution in [2.24, 2.45) is 0 Å². The fourth-order valence-corrected chi connectivity index (χ4v) is 2.75. The summed E-state index contributed by atoms with van der Waals surface area (Å²) < 4.78 is 17.6. The van der Waals surface area contributed by atoms with Crippen molar-refractivity contribution in [2.75, 3.05) is 46.1 Å². The Kier molecular flexibility index (Phi) is 7.75. The number of halogens is 1. The van der Waals surface area contributed by atoms with Crippen molar-refractivity contribution < 1.29 is 18.8 Å². The van der Waals surface area contributed by atoms with E-state index in [2.05, 4.69) is 10.2 Å². The predicted molar refractivity (Wildman–Crippen MR) is 91.6 cm³/mol. The highest BCUT2D eigenvalue weighted by atomic mass is 19.1. The summed E-state index contributed by atoms with van der Waals surface area (Å²) in [7, 11) is 0. The van der Waals surface area contributed by atoms with Crippen LogP contribution in [-0.2, 0) is 11.2 Å².